The Hall–Kier alpha value is -1.31. The number of hydrogen-bond donors (Lipinski definition) is 1. The predicted molar refractivity (Wildman–Crippen MR) is 61.1 cm³/mol. The molecule has 0 bridgehead atoms. The van der Waals surface area contributed by atoms with Crippen molar-refractivity contribution in [1.29, 1.82) is 0 Å². The molecule has 0 spiro atoms. The van der Waals surface area contributed by atoms with Gasteiger partial charge in [-0.3, -0.25) is 0 Å². The number of carbonyl (C=O) groups excluding carboxylic acids is 1. The Bertz CT molecular complexity index is 355. The van der Waals surface area contributed by atoms with Gasteiger partial charge in [0.1, 0.15) is 12.0 Å². The second-order valence-electron chi connectivity index (χ2n) is 4.86. The molecule has 0 aliphatic carbocycles. The van der Waals surface area contributed by atoms with Crippen LogP contribution in [-0.2, 0) is 11.2 Å². The van der Waals surface area contributed by atoms with Crippen LogP contribution < -0.4 is 0 Å². The average Bonchev–Trinajstić information content (AvgIpc) is 2.13. The summed E-state index contributed by atoms with van der Waals surface area (Å²) >= 11 is 0. The zero-order valence-electron chi connectivity index (χ0n) is 9.79. The predicted octanol–water partition coefficient (Wildman–Crippen LogP) is 2.78. The van der Waals surface area contributed by atoms with Crippen molar-refractivity contribution in [3.63, 3.8) is 0 Å². The van der Waals surface area contributed by atoms with E-state index in [0.717, 1.165) is 23.0 Å². The molecule has 2 heteroatoms. The minimum atomic E-state index is -0.337. The molecule has 2 nitrogen and oxygen atoms in total. The third kappa shape index (κ3) is 2.82. The maximum atomic E-state index is 10.8. The van der Waals surface area contributed by atoms with Crippen molar-refractivity contribution in [1.82, 2.24) is 0 Å². The molecule has 1 aromatic carbocycles. The molecule has 0 aliphatic rings. The molecule has 1 aromatic rings. The minimum absolute atomic E-state index is 0.337. The fraction of sp³-hybridized carbons (Fsp3) is 0.462. The second-order valence-corrected chi connectivity index (χ2v) is 4.86. The molecule has 82 valence electrons. The standard InChI is InChI=1S/C13H18O2/c1-9-5-11(6-10(2)12(9)15)7-13(3,4)8-14/h5-6,8,15H,7H2,1-4H3. The maximum absolute atomic E-state index is 10.8. The van der Waals surface area contributed by atoms with Crippen molar-refractivity contribution in [2.75, 3.05) is 0 Å². The van der Waals surface area contributed by atoms with Crippen LogP contribution in [0.3, 0.4) is 0 Å². The van der Waals surface area contributed by atoms with Gasteiger partial charge in [0.25, 0.3) is 0 Å². The van der Waals surface area contributed by atoms with Crippen LogP contribution in [0.2, 0.25) is 0 Å². The number of aldehydes is 1. The molecule has 0 fully saturated rings. The van der Waals surface area contributed by atoms with Gasteiger partial charge in [0.05, 0.1) is 0 Å². The molecule has 0 unspecified atom stereocenters. The smallest absolute Gasteiger partial charge is 0.125 e. The normalized spacial score (nSPS) is 11.5. The van der Waals surface area contributed by atoms with Gasteiger partial charge in [-0.05, 0) is 37.0 Å². The Morgan fingerprint density at radius 1 is 1.27 bits per heavy atom. The lowest BCUT2D eigenvalue weighted by Crippen LogP contribution is -2.16. The maximum Gasteiger partial charge on any atom is 0.125 e. The van der Waals surface area contributed by atoms with Crippen molar-refractivity contribution in [2.45, 2.75) is 34.1 Å². The van der Waals surface area contributed by atoms with E-state index in [1.165, 1.54) is 0 Å². The van der Waals surface area contributed by atoms with Crippen LogP contribution in [0.4, 0.5) is 0 Å². The molecule has 0 aromatic heterocycles. The van der Waals surface area contributed by atoms with Gasteiger partial charge in [-0.15, -0.1) is 0 Å². The molecular formula is C13H18O2. The zero-order chi connectivity index (χ0) is 11.6. The minimum Gasteiger partial charge on any atom is -0.507 e. The molecule has 0 radical (unpaired) electrons. The Morgan fingerprint density at radius 2 is 1.73 bits per heavy atom. The van der Waals surface area contributed by atoms with E-state index in [1.807, 2.05) is 39.8 Å². The molecule has 0 heterocycles. The lowest BCUT2D eigenvalue weighted by Gasteiger charge is -2.17. The molecular weight excluding hydrogens is 188 g/mol. The van der Waals surface area contributed by atoms with E-state index in [-0.39, 0.29) is 5.41 Å². The highest BCUT2D eigenvalue weighted by Crippen LogP contribution is 2.26. The van der Waals surface area contributed by atoms with E-state index in [4.69, 9.17) is 0 Å². The lowest BCUT2D eigenvalue weighted by atomic mass is 9.86. The van der Waals surface area contributed by atoms with E-state index in [1.54, 1.807) is 0 Å². The molecule has 1 rings (SSSR count). The van der Waals surface area contributed by atoms with Gasteiger partial charge in [-0.2, -0.15) is 0 Å². The number of phenolic OH excluding ortho intramolecular Hbond substituents is 1. The van der Waals surface area contributed by atoms with Gasteiger partial charge in [-0.25, -0.2) is 0 Å². The van der Waals surface area contributed by atoms with E-state index >= 15 is 0 Å². The first-order valence-corrected chi connectivity index (χ1v) is 5.11. The van der Waals surface area contributed by atoms with Gasteiger partial charge in [0.15, 0.2) is 0 Å². The number of benzene rings is 1. The summed E-state index contributed by atoms with van der Waals surface area (Å²) in [5, 5.41) is 9.62. The largest absolute Gasteiger partial charge is 0.507 e. The van der Waals surface area contributed by atoms with Crippen molar-refractivity contribution in [3.05, 3.63) is 28.8 Å². The van der Waals surface area contributed by atoms with E-state index in [0.29, 0.717) is 12.2 Å². The summed E-state index contributed by atoms with van der Waals surface area (Å²) in [6.07, 6.45) is 1.68. The summed E-state index contributed by atoms with van der Waals surface area (Å²) in [7, 11) is 0. The summed E-state index contributed by atoms with van der Waals surface area (Å²) in [6.45, 7) is 7.58. The number of aromatic hydroxyl groups is 1. The van der Waals surface area contributed by atoms with E-state index in [2.05, 4.69) is 0 Å². The monoisotopic (exact) mass is 206 g/mol. The van der Waals surface area contributed by atoms with E-state index in [9.17, 15) is 9.90 Å². The van der Waals surface area contributed by atoms with Crippen LogP contribution in [0.25, 0.3) is 0 Å². The van der Waals surface area contributed by atoms with Crippen molar-refractivity contribution in [3.8, 4) is 5.75 Å². The Kier molecular flexibility index (Phi) is 3.18. The van der Waals surface area contributed by atoms with Gasteiger partial charge in [0, 0.05) is 5.41 Å². The quantitative estimate of drug-likeness (QED) is 0.772. The first kappa shape index (κ1) is 11.8. The van der Waals surface area contributed by atoms with Gasteiger partial charge >= 0.3 is 0 Å². The molecule has 15 heavy (non-hydrogen) atoms. The fourth-order valence-corrected chi connectivity index (χ4v) is 1.72. The third-order valence-corrected chi connectivity index (χ3v) is 2.53. The SMILES string of the molecule is Cc1cc(CC(C)(C)C=O)cc(C)c1O. The summed E-state index contributed by atoms with van der Waals surface area (Å²) in [5.41, 5.74) is 2.49. The zero-order valence-corrected chi connectivity index (χ0v) is 9.79. The molecule has 0 saturated carbocycles. The van der Waals surface area contributed by atoms with Crippen LogP contribution >= 0.6 is 0 Å². The molecule has 1 N–H and O–H groups in total. The number of hydrogen-bond acceptors (Lipinski definition) is 2. The van der Waals surface area contributed by atoms with Crippen LogP contribution in [0, 0.1) is 19.3 Å². The van der Waals surface area contributed by atoms with Crippen molar-refractivity contribution in [2.24, 2.45) is 5.41 Å². The lowest BCUT2D eigenvalue weighted by molar-refractivity contribution is -0.114. The van der Waals surface area contributed by atoms with Crippen LogP contribution in [0.15, 0.2) is 12.1 Å². The van der Waals surface area contributed by atoms with Gasteiger partial charge in [-0.1, -0.05) is 26.0 Å². The number of aryl methyl sites for hydroxylation is 2. The molecule has 0 atom stereocenters. The Balaban J connectivity index is 3.02. The van der Waals surface area contributed by atoms with Crippen LogP contribution in [0.1, 0.15) is 30.5 Å². The Labute approximate surface area is 90.9 Å². The average molecular weight is 206 g/mol. The molecule has 0 saturated heterocycles. The van der Waals surface area contributed by atoms with Gasteiger partial charge < -0.3 is 9.90 Å². The highest BCUT2D eigenvalue weighted by molar-refractivity contribution is 5.59. The second kappa shape index (κ2) is 4.05. The first-order valence-electron chi connectivity index (χ1n) is 5.11. The van der Waals surface area contributed by atoms with Crippen LogP contribution in [0.5, 0.6) is 5.75 Å². The number of phenols is 1. The van der Waals surface area contributed by atoms with Crippen molar-refractivity contribution >= 4 is 6.29 Å². The summed E-state index contributed by atoms with van der Waals surface area (Å²) in [5.74, 6) is 0.350. The number of carbonyl (C=O) groups is 1. The highest BCUT2D eigenvalue weighted by atomic mass is 16.3. The number of rotatable bonds is 3. The molecule has 0 aliphatic heterocycles. The fourth-order valence-electron chi connectivity index (χ4n) is 1.72. The molecule has 0 amide bonds. The van der Waals surface area contributed by atoms with Gasteiger partial charge in [0.2, 0.25) is 0 Å². The topological polar surface area (TPSA) is 37.3 Å². The summed E-state index contributed by atoms with van der Waals surface area (Å²) in [4.78, 5) is 10.8. The third-order valence-electron chi connectivity index (χ3n) is 2.53. The first-order chi connectivity index (χ1) is 6.85. The summed E-state index contributed by atoms with van der Waals surface area (Å²) < 4.78 is 0. The van der Waals surface area contributed by atoms with Crippen molar-refractivity contribution < 1.29 is 9.90 Å². The van der Waals surface area contributed by atoms with Crippen LogP contribution in [-0.4, -0.2) is 11.4 Å². The van der Waals surface area contributed by atoms with E-state index < -0.39 is 0 Å². The summed E-state index contributed by atoms with van der Waals surface area (Å²) in [6, 6.07) is 3.88. The highest BCUT2D eigenvalue weighted by Gasteiger charge is 2.18. The Morgan fingerprint density at radius 3 is 2.13 bits per heavy atom.